The van der Waals surface area contributed by atoms with Gasteiger partial charge in [0.25, 0.3) is 0 Å². The summed E-state index contributed by atoms with van der Waals surface area (Å²) in [6.45, 7) is 0. The molecule has 0 heterocycles. The summed E-state index contributed by atoms with van der Waals surface area (Å²) in [6.07, 6.45) is 14.8. The lowest BCUT2D eigenvalue weighted by atomic mass is 9.98. The van der Waals surface area contributed by atoms with Crippen molar-refractivity contribution < 1.29 is 9.59 Å². The molecule has 3 rings (SSSR count). The normalized spacial score (nSPS) is 13.8. The minimum atomic E-state index is -0.00174. The number of rotatable bonds is 6. The Labute approximate surface area is 159 Å². The Kier molecular flexibility index (Phi) is 6.30. The number of carbonyl (C=O) groups is 1. The lowest BCUT2D eigenvalue weighted by Gasteiger charge is -2.06. The standard InChI is InChI=1S/C25H20O2/c26-19-23-9-5-8-22(18-23)7-4-6-20-12-14-21(15-13-20)16-17-25(27)24-10-2-1-3-11-24/h1-6,8-17H,7,18H2/b6-4?,17-16+. The topological polar surface area (TPSA) is 34.1 Å². The average Bonchev–Trinajstić information content (AvgIpc) is 2.74. The molecule has 132 valence electrons. The van der Waals surface area contributed by atoms with Gasteiger partial charge in [0.15, 0.2) is 5.78 Å². The molecule has 2 nitrogen and oxygen atoms in total. The molecule has 0 atom stereocenters. The third kappa shape index (κ3) is 5.50. The first-order valence-corrected chi connectivity index (χ1v) is 8.89. The van der Waals surface area contributed by atoms with E-state index in [1.54, 1.807) is 12.2 Å². The first kappa shape index (κ1) is 18.3. The first-order chi connectivity index (χ1) is 13.2. The van der Waals surface area contributed by atoms with Gasteiger partial charge >= 0.3 is 0 Å². The second-order valence-corrected chi connectivity index (χ2v) is 6.32. The van der Waals surface area contributed by atoms with Gasteiger partial charge in [-0.1, -0.05) is 90.6 Å². The summed E-state index contributed by atoms with van der Waals surface area (Å²) >= 11 is 0. The molecule has 0 saturated heterocycles. The number of hydrogen-bond acceptors (Lipinski definition) is 2. The molecule has 0 unspecified atom stereocenters. The van der Waals surface area contributed by atoms with E-state index in [-0.39, 0.29) is 5.78 Å². The summed E-state index contributed by atoms with van der Waals surface area (Å²) in [5, 5.41) is 0. The number of hydrogen-bond donors (Lipinski definition) is 0. The summed E-state index contributed by atoms with van der Waals surface area (Å²) < 4.78 is 0. The molecule has 27 heavy (non-hydrogen) atoms. The van der Waals surface area contributed by atoms with Gasteiger partial charge in [0.1, 0.15) is 5.94 Å². The van der Waals surface area contributed by atoms with Crippen LogP contribution in [0.3, 0.4) is 0 Å². The van der Waals surface area contributed by atoms with Gasteiger partial charge in [0, 0.05) is 17.6 Å². The van der Waals surface area contributed by atoms with Crippen LogP contribution in [0.25, 0.3) is 12.2 Å². The highest BCUT2D eigenvalue weighted by molar-refractivity contribution is 6.06. The average molecular weight is 352 g/mol. The maximum Gasteiger partial charge on any atom is 0.185 e. The van der Waals surface area contributed by atoms with Gasteiger partial charge in [-0.05, 0) is 29.7 Å². The van der Waals surface area contributed by atoms with Crippen molar-refractivity contribution in [2.24, 2.45) is 0 Å². The van der Waals surface area contributed by atoms with Gasteiger partial charge in [-0.3, -0.25) is 4.79 Å². The molecule has 0 saturated carbocycles. The van der Waals surface area contributed by atoms with Crippen LogP contribution in [0.2, 0.25) is 0 Å². The molecular weight excluding hydrogens is 332 g/mol. The highest BCUT2D eigenvalue weighted by Gasteiger charge is 2.03. The van der Waals surface area contributed by atoms with Crippen molar-refractivity contribution in [2.75, 3.05) is 0 Å². The zero-order chi connectivity index (χ0) is 18.9. The molecule has 0 aliphatic heterocycles. The fourth-order valence-corrected chi connectivity index (χ4v) is 2.81. The van der Waals surface area contributed by atoms with Gasteiger partial charge in [0.2, 0.25) is 0 Å². The summed E-state index contributed by atoms with van der Waals surface area (Å²) in [7, 11) is 0. The minimum Gasteiger partial charge on any atom is -0.289 e. The molecule has 0 amide bonds. The zero-order valence-electron chi connectivity index (χ0n) is 15.0. The molecule has 0 fully saturated rings. The third-order valence-electron chi connectivity index (χ3n) is 4.29. The van der Waals surface area contributed by atoms with Gasteiger partial charge in [-0.2, -0.15) is 0 Å². The Morgan fingerprint density at radius 3 is 2.37 bits per heavy atom. The molecule has 2 aromatic rings. The van der Waals surface area contributed by atoms with Crippen molar-refractivity contribution in [1.29, 1.82) is 0 Å². The molecule has 1 aliphatic rings. The maximum absolute atomic E-state index is 12.1. The number of allylic oxidation sites excluding steroid dienone is 7. The number of carbonyl (C=O) groups excluding carboxylic acids is 2. The van der Waals surface area contributed by atoms with Gasteiger partial charge in [-0.25, -0.2) is 4.79 Å². The fraction of sp³-hybridized carbons (Fsp3) is 0.0800. The van der Waals surface area contributed by atoms with E-state index >= 15 is 0 Å². The fourth-order valence-electron chi connectivity index (χ4n) is 2.81. The van der Waals surface area contributed by atoms with Crippen LogP contribution in [0.15, 0.2) is 96.1 Å². The molecule has 2 aromatic carbocycles. The molecule has 2 heteroatoms. The quantitative estimate of drug-likeness (QED) is 0.383. The number of benzene rings is 2. The maximum atomic E-state index is 12.1. The molecule has 0 spiro atoms. The monoisotopic (exact) mass is 352 g/mol. The Hall–Kier alpha value is -3.48. The predicted molar refractivity (Wildman–Crippen MR) is 111 cm³/mol. The summed E-state index contributed by atoms with van der Waals surface area (Å²) in [5.74, 6) is 1.96. The molecule has 0 bridgehead atoms. The highest BCUT2D eigenvalue weighted by Crippen LogP contribution is 2.19. The molecular formula is C25H20O2. The van der Waals surface area contributed by atoms with E-state index in [0.717, 1.165) is 17.5 Å². The van der Waals surface area contributed by atoms with E-state index in [2.05, 4.69) is 12.2 Å². The van der Waals surface area contributed by atoms with Crippen LogP contribution < -0.4 is 0 Å². The van der Waals surface area contributed by atoms with E-state index in [1.165, 1.54) is 5.57 Å². The summed E-state index contributed by atoms with van der Waals surface area (Å²) in [4.78, 5) is 22.8. The Morgan fingerprint density at radius 1 is 0.963 bits per heavy atom. The zero-order valence-corrected chi connectivity index (χ0v) is 15.0. The van der Waals surface area contributed by atoms with E-state index in [1.807, 2.05) is 78.8 Å². The Morgan fingerprint density at radius 2 is 1.67 bits per heavy atom. The lowest BCUT2D eigenvalue weighted by molar-refractivity contribution is 0.104. The third-order valence-corrected chi connectivity index (χ3v) is 4.29. The summed E-state index contributed by atoms with van der Waals surface area (Å²) in [5.41, 5.74) is 4.66. The second kappa shape index (κ2) is 9.28. The van der Waals surface area contributed by atoms with Crippen LogP contribution >= 0.6 is 0 Å². The summed E-state index contributed by atoms with van der Waals surface area (Å²) in [6, 6.07) is 17.3. The smallest absolute Gasteiger partial charge is 0.185 e. The van der Waals surface area contributed by atoms with Crippen LogP contribution in [0.5, 0.6) is 0 Å². The van der Waals surface area contributed by atoms with Crippen LogP contribution in [-0.2, 0) is 4.79 Å². The second-order valence-electron chi connectivity index (χ2n) is 6.32. The van der Waals surface area contributed by atoms with Gasteiger partial charge < -0.3 is 0 Å². The molecule has 1 aliphatic carbocycles. The SMILES string of the molecule is O=C=C1C=CC=C(CC=Cc2ccc(/C=C/C(=O)c3ccccc3)cc2)C1. The van der Waals surface area contributed by atoms with Crippen molar-refractivity contribution in [3.63, 3.8) is 0 Å². The first-order valence-electron chi connectivity index (χ1n) is 8.89. The van der Waals surface area contributed by atoms with Crippen molar-refractivity contribution in [1.82, 2.24) is 0 Å². The van der Waals surface area contributed by atoms with Crippen molar-refractivity contribution in [3.8, 4) is 0 Å². The molecule has 0 aromatic heterocycles. The van der Waals surface area contributed by atoms with E-state index in [9.17, 15) is 9.59 Å². The van der Waals surface area contributed by atoms with Crippen LogP contribution in [0.1, 0.15) is 34.3 Å². The lowest BCUT2D eigenvalue weighted by Crippen LogP contribution is -1.92. The molecule has 0 radical (unpaired) electrons. The highest BCUT2D eigenvalue weighted by atomic mass is 16.1. The Balaban J connectivity index is 1.56. The van der Waals surface area contributed by atoms with Gasteiger partial charge in [0.05, 0.1) is 0 Å². The predicted octanol–water partition coefficient (Wildman–Crippen LogP) is 5.63. The Bertz CT molecular complexity index is 965. The molecule has 0 N–H and O–H groups in total. The van der Waals surface area contributed by atoms with Crippen LogP contribution in [0.4, 0.5) is 0 Å². The van der Waals surface area contributed by atoms with Crippen molar-refractivity contribution in [3.05, 3.63) is 113 Å². The van der Waals surface area contributed by atoms with E-state index in [0.29, 0.717) is 17.6 Å². The van der Waals surface area contributed by atoms with Gasteiger partial charge in [-0.15, -0.1) is 0 Å². The van der Waals surface area contributed by atoms with Crippen LogP contribution in [0, 0.1) is 0 Å². The van der Waals surface area contributed by atoms with Crippen LogP contribution in [-0.4, -0.2) is 11.7 Å². The van der Waals surface area contributed by atoms with Crippen molar-refractivity contribution >= 4 is 23.9 Å². The minimum absolute atomic E-state index is 0.00174. The van der Waals surface area contributed by atoms with E-state index in [4.69, 9.17) is 0 Å². The van der Waals surface area contributed by atoms with E-state index < -0.39 is 0 Å². The van der Waals surface area contributed by atoms with Crippen molar-refractivity contribution in [2.45, 2.75) is 12.8 Å². The number of ketones is 1. The largest absolute Gasteiger partial charge is 0.289 e.